The molecule has 1 unspecified atom stereocenters. The van der Waals surface area contributed by atoms with Crippen LogP contribution >= 0.6 is 0 Å². The second-order valence-electron chi connectivity index (χ2n) is 5.16. The average molecular weight is 285 g/mol. The minimum atomic E-state index is -0.796. The van der Waals surface area contributed by atoms with Crippen LogP contribution in [0.25, 0.3) is 10.8 Å². The molecule has 2 rings (SSSR count). The molecule has 4 nitrogen and oxygen atoms in total. The maximum absolute atomic E-state index is 12.2. The van der Waals surface area contributed by atoms with E-state index in [1.165, 1.54) is 0 Å². The van der Waals surface area contributed by atoms with Gasteiger partial charge in [-0.2, -0.15) is 0 Å². The zero-order chi connectivity index (χ0) is 15.2. The molecule has 0 saturated carbocycles. The molecule has 0 fully saturated rings. The third-order valence-electron chi connectivity index (χ3n) is 3.56. The lowest BCUT2D eigenvalue weighted by Gasteiger charge is -2.09. The highest BCUT2D eigenvalue weighted by atomic mass is 16.4. The number of carbonyl (C=O) groups excluding carboxylic acids is 1. The van der Waals surface area contributed by atoms with Gasteiger partial charge in [0, 0.05) is 12.1 Å². The third-order valence-corrected chi connectivity index (χ3v) is 3.56. The zero-order valence-corrected chi connectivity index (χ0v) is 12.0. The molecule has 2 aromatic rings. The van der Waals surface area contributed by atoms with Gasteiger partial charge < -0.3 is 10.4 Å². The molecule has 1 atom stereocenters. The molecule has 1 amide bonds. The summed E-state index contributed by atoms with van der Waals surface area (Å²) in [6.45, 7) is 2.16. The number of amides is 1. The normalized spacial score (nSPS) is 12.0. The van der Waals surface area contributed by atoms with Gasteiger partial charge in [-0.3, -0.25) is 9.59 Å². The van der Waals surface area contributed by atoms with E-state index in [4.69, 9.17) is 5.11 Å². The van der Waals surface area contributed by atoms with Crippen LogP contribution in [0.5, 0.6) is 0 Å². The van der Waals surface area contributed by atoms with Crippen LogP contribution in [0.4, 0.5) is 0 Å². The number of carbonyl (C=O) groups is 2. The second-order valence-corrected chi connectivity index (χ2v) is 5.16. The first kappa shape index (κ1) is 15.0. The molecule has 0 radical (unpaired) electrons. The van der Waals surface area contributed by atoms with Crippen LogP contribution < -0.4 is 5.32 Å². The second kappa shape index (κ2) is 6.88. The molecule has 0 aliphatic rings. The van der Waals surface area contributed by atoms with Crippen molar-refractivity contribution in [2.75, 3.05) is 6.54 Å². The Morgan fingerprint density at radius 1 is 1.14 bits per heavy atom. The van der Waals surface area contributed by atoms with E-state index in [2.05, 4.69) is 5.32 Å². The van der Waals surface area contributed by atoms with Gasteiger partial charge in [0.15, 0.2) is 0 Å². The van der Waals surface area contributed by atoms with Gasteiger partial charge in [0.1, 0.15) is 0 Å². The molecule has 0 heterocycles. The van der Waals surface area contributed by atoms with Crippen molar-refractivity contribution in [2.45, 2.75) is 19.8 Å². The number of aliphatic carboxylic acids is 1. The van der Waals surface area contributed by atoms with E-state index in [1.807, 2.05) is 36.4 Å². The Kier molecular flexibility index (Phi) is 4.93. The molecule has 21 heavy (non-hydrogen) atoms. The van der Waals surface area contributed by atoms with Crippen molar-refractivity contribution < 1.29 is 14.7 Å². The average Bonchev–Trinajstić information content (AvgIpc) is 2.50. The molecule has 0 aliphatic carbocycles. The van der Waals surface area contributed by atoms with Crippen LogP contribution in [0.2, 0.25) is 0 Å². The van der Waals surface area contributed by atoms with Crippen LogP contribution in [0.1, 0.15) is 30.1 Å². The molecular formula is C17H19NO3. The first-order valence-electron chi connectivity index (χ1n) is 7.08. The zero-order valence-electron chi connectivity index (χ0n) is 12.0. The molecule has 2 aromatic carbocycles. The molecule has 0 aliphatic heterocycles. The lowest BCUT2D eigenvalue weighted by molar-refractivity contribution is -0.141. The smallest absolute Gasteiger partial charge is 0.306 e. The van der Waals surface area contributed by atoms with E-state index in [-0.39, 0.29) is 11.8 Å². The van der Waals surface area contributed by atoms with Crippen molar-refractivity contribution in [3.8, 4) is 0 Å². The van der Waals surface area contributed by atoms with E-state index < -0.39 is 5.97 Å². The van der Waals surface area contributed by atoms with Crippen molar-refractivity contribution in [1.29, 1.82) is 0 Å². The summed E-state index contributed by atoms with van der Waals surface area (Å²) in [4.78, 5) is 22.9. The fourth-order valence-corrected chi connectivity index (χ4v) is 2.25. The molecule has 2 N–H and O–H groups in total. The van der Waals surface area contributed by atoms with Gasteiger partial charge >= 0.3 is 5.97 Å². The Morgan fingerprint density at radius 2 is 1.86 bits per heavy atom. The van der Waals surface area contributed by atoms with Crippen LogP contribution in [0, 0.1) is 5.92 Å². The van der Waals surface area contributed by atoms with Crippen molar-refractivity contribution in [3.05, 3.63) is 48.0 Å². The number of fused-ring (bicyclic) bond motifs is 1. The van der Waals surface area contributed by atoms with Crippen LogP contribution in [0.3, 0.4) is 0 Å². The van der Waals surface area contributed by atoms with Crippen LogP contribution in [-0.4, -0.2) is 23.5 Å². The van der Waals surface area contributed by atoms with Gasteiger partial charge in [-0.1, -0.05) is 43.3 Å². The molecule has 110 valence electrons. The van der Waals surface area contributed by atoms with E-state index >= 15 is 0 Å². The maximum Gasteiger partial charge on any atom is 0.306 e. The number of nitrogens with one attached hydrogen (secondary N) is 1. The summed E-state index contributed by atoms with van der Waals surface area (Å²) in [5.41, 5.74) is 0.652. The fraction of sp³-hybridized carbons (Fsp3) is 0.294. The molecule has 0 aromatic heterocycles. The van der Waals surface area contributed by atoms with Gasteiger partial charge in [0.25, 0.3) is 5.91 Å². The number of hydrogen-bond donors (Lipinski definition) is 2. The van der Waals surface area contributed by atoms with Gasteiger partial charge in [-0.15, -0.1) is 0 Å². The van der Waals surface area contributed by atoms with Gasteiger partial charge in [0.2, 0.25) is 0 Å². The molecule has 0 bridgehead atoms. The van der Waals surface area contributed by atoms with Crippen molar-refractivity contribution >= 4 is 22.6 Å². The Labute approximate surface area is 123 Å². The molecule has 0 saturated heterocycles. The first-order chi connectivity index (χ1) is 10.1. The van der Waals surface area contributed by atoms with E-state index in [9.17, 15) is 9.59 Å². The molecular weight excluding hydrogens is 266 g/mol. The largest absolute Gasteiger partial charge is 0.481 e. The fourth-order valence-electron chi connectivity index (χ4n) is 2.25. The number of benzene rings is 2. The quantitative estimate of drug-likeness (QED) is 0.802. The summed E-state index contributed by atoms with van der Waals surface area (Å²) < 4.78 is 0. The van der Waals surface area contributed by atoms with E-state index in [0.29, 0.717) is 24.9 Å². The van der Waals surface area contributed by atoms with Crippen LogP contribution in [0.15, 0.2) is 42.5 Å². The van der Waals surface area contributed by atoms with Crippen LogP contribution in [-0.2, 0) is 4.79 Å². The Hall–Kier alpha value is -2.36. The van der Waals surface area contributed by atoms with Crippen molar-refractivity contribution in [2.24, 2.45) is 5.92 Å². The highest BCUT2D eigenvalue weighted by Crippen LogP contribution is 2.18. The predicted molar refractivity (Wildman–Crippen MR) is 82.3 cm³/mol. The number of carboxylic acids is 1. The van der Waals surface area contributed by atoms with Gasteiger partial charge in [0.05, 0.1) is 5.92 Å². The Balaban J connectivity index is 1.95. The summed E-state index contributed by atoms with van der Waals surface area (Å²) in [5.74, 6) is -1.29. The number of hydrogen-bond acceptors (Lipinski definition) is 2. The lowest BCUT2D eigenvalue weighted by atomic mass is 10.0. The number of rotatable bonds is 6. The SMILES string of the molecule is CC(CCCNC(=O)c1cccc2ccccc12)C(=O)O. The third kappa shape index (κ3) is 3.81. The summed E-state index contributed by atoms with van der Waals surface area (Å²) in [6.07, 6.45) is 1.22. The minimum absolute atomic E-state index is 0.116. The summed E-state index contributed by atoms with van der Waals surface area (Å²) >= 11 is 0. The highest BCUT2D eigenvalue weighted by Gasteiger charge is 2.11. The lowest BCUT2D eigenvalue weighted by Crippen LogP contribution is -2.25. The summed E-state index contributed by atoms with van der Waals surface area (Å²) in [5, 5.41) is 13.6. The Bertz CT molecular complexity index is 646. The summed E-state index contributed by atoms with van der Waals surface area (Å²) in [7, 11) is 0. The number of carboxylic acid groups (broad SMARTS) is 1. The molecule has 0 spiro atoms. The topological polar surface area (TPSA) is 66.4 Å². The van der Waals surface area contributed by atoms with E-state index in [1.54, 1.807) is 13.0 Å². The van der Waals surface area contributed by atoms with E-state index in [0.717, 1.165) is 10.8 Å². The molecule has 4 heteroatoms. The van der Waals surface area contributed by atoms with Gasteiger partial charge in [-0.25, -0.2) is 0 Å². The maximum atomic E-state index is 12.2. The highest BCUT2D eigenvalue weighted by molar-refractivity contribution is 6.06. The predicted octanol–water partition coefficient (Wildman–Crippen LogP) is 3.07. The summed E-state index contributed by atoms with van der Waals surface area (Å²) in [6, 6.07) is 13.4. The minimum Gasteiger partial charge on any atom is -0.481 e. The van der Waals surface area contributed by atoms with Crippen molar-refractivity contribution in [1.82, 2.24) is 5.32 Å². The first-order valence-corrected chi connectivity index (χ1v) is 7.08. The monoisotopic (exact) mass is 285 g/mol. The standard InChI is InChI=1S/C17H19NO3/c1-12(17(20)21)6-5-11-18-16(19)15-10-4-8-13-7-2-3-9-14(13)15/h2-4,7-10,12H,5-6,11H2,1H3,(H,18,19)(H,20,21). The van der Waals surface area contributed by atoms with Gasteiger partial charge in [-0.05, 0) is 29.7 Å². The van der Waals surface area contributed by atoms with Crippen molar-refractivity contribution in [3.63, 3.8) is 0 Å². The Morgan fingerprint density at radius 3 is 2.62 bits per heavy atom.